The summed E-state index contributed by atoms with van der Waals surface area (Å²) in [5.41, 5.74) is 0.916. The van der Waals surface area contributed by atoms with E-state index in [2.05, 4.69) is 15.9 Å². The number of furan rings is 1. The average molecular weight is 283 g/mol. The van der Waals surface area contributed by atoms with Crippen molar-refractivity contribution in [1.82, 2.24) is 0 Å². The lowest BCUT2D eigenvalue weighted by Crippen LogP contribution is -1.85. The fourth-order valence-electron chi connectivity index (χ4n) is 1.43. The van der Waals surface area contributed by atoms with Crippen LogP contribution in [0.4, 0.5) is 0 Å². The highest BCUT2D eigenvalue weighted by molar-refractivity contribution is 9.10. The third-order valence-corrected chi connectivity index (χ3v) is 2.91. The normalized spacial score (nSPS) is 10.4. The predicted molar refractivity (Wildman–Crippen MR) is 64.3 cm³/mol. The molecule has 0 aliphatic carbocycles. The van der Waals surface area contributed by atoms with Gasteiger partial charge in [-0.2, -0.15) is 0 Å². The molecule has 1 heterocycles. The minimum atomic E-state index is -0.0896. The minimum absolute atomic E-state index is 0.0896. The van der Waals surface area contributed by atoms with Crippen LogP contribution in [0.1, 0.15) is 5.76 Å². The van der Waals surface area contributed by atoms with E-state index in [9.17, 15) is 0 Å². The molecule has 0 bridgehead atoms. The summed E-state index contributed by atoms with van der Waals surface area (Å²) in [6.07, 6.45) is 0. The molecule has 3 nitrogen and oxygen atoms in total. The van der Waals surface area contributed by atoms with Gasteiger partial charge in [-0.25, -0.2) is 0 Å². The van der Waals surface area contributed by atoms with Gasteiger partial charge in [0.25, 0.3) is 0 Å². The highest BCUT2D eigenvalue weighted by Gasteiger charge is 2.07. The van der Waals surface area contributed by atoms with Crippen LogP contribution >= 0.6 is 15.9 Å². The van der Waals surface area contributed by atoms with E-state index in [1.54, 1.807) is 13.2 Å². The molecule has 0 aliphatic rings. The Balaban J connectivity index is 2.40. The van der Waals surface area contributed by atoms with Gasteiger partial charge >= 0.3 is 0 Å². The zero-order chi connectivity index (χ0) is 11.5. The standard InChI is InChI=1S/C12H11BrO3/c1-15-12-6-8(2-4-10(12)13)11-5-3-9(7-14)16-11/h2-6,14H,7H2,1H3. The molecule has 2 aromatic rings. The van der Waals surface area contributed by atoms with Crippen molar-refractivity contribution in [3.8, 4) is 17.1 Å². The summed E-state index contributed by atoms with van der Waals surface area (Å²) in [6, 6.07) is 9.28. The summed E-state index contributed by atoms with van der Waals surface area (Å²) < 4.78 is 11.5. The van der Waals surface area contributed by atoms with Crippen LogP contribution in [0.15, 0.2) is 39.2 Å². The molecule has 4 heteroatoms. The first-order chi connectivity index (χ1) is 7.74. The van der Waals surface area contributed by atoms with E-state index in [0.717, 1.165) is 21.5 Å². The zero-order valence-electron chi connectivity index (χ0n) is 8.74. The number of rotatable bonds is 3. The van der Waals surface area contributed by atoms with Gasteiger partial charge in [-0.15, -0.1) is 0 Å². The number of hydrogen-bond acceptors (Lipinski definition) is 3. The van der Waals surface area contributed by atoms with Crippen molar-refractivity contribution in [3.63, 3.8) is 0 Å². The third kappa shape index (κ3) is 2.13. The molecule has 1 aromatic heterocycles. The van der Waals surface area contributed by atoms with E-state index in [-0.39, 0.29) is 6.61 Å². The van der Waals surface area contributed by atoms with Gasteiger partial charge in [-0.05, 0) is 46.3 Å². The monoisotopic (exact) mass is 282 g/mol. The Morgan fingerprint density at radius 1 is 1.31 bits per heavy atom. The maximum absolute atomic E-state index is 8.92. The van der Waals surface area contributed by atoms with E-state index >= 15 is 0 Å². The molecule has 0 saturated carbocycles. The molecule has 0 fully saturated rings. The minimum Gasteiger partial charge on any atom is -0.496 e. The van der Waals surface area contributed by atoms with Crippen LogP contribution in [-0.4, -0.2) is 12.2 Å². The summed E-state index contributed by atoms with van der Waals surface area (Å²) in [5.74, 6) is 2.02. The van der Waals surface area contributed by atoms with Gasteiger partial charge in [0, 0.05) is 5.56 Å². The van der Waals surface area contributed by atoms with Crippen molar-refractivity contribution in [1.29, 1.82) is 0 Å². The van der Waals surface area contributed by atoms with Gasteiger partial charge in [0.1, 0.15) is 23.9 Å². The molecule has 1 N–H and O–H groups in total. The van der Waals surface area contributed by atoms with Gasteiger partial charge in [0.15, 0.2) is 0 Å². The lowest BCUT2D eigenvalue weighted by atomic mass is 10.1. The Kier molecular flexibility index (Phi) is 3.31. The quantitative estimate of drug-likeness (QED) is 0.940. The lowest BCUT2D eigenvalue weighted by molar-refractivity contribution is 0.248. The van der Waals surface area contributed by atoms with Crippen molar-refractivity contribution >= 4 is 15.9 Å². The second-order valence-electron chi connectivity index (χ2n) is 3.27. The second-order valence-corrected chi connectivity index (χ2v) is 4.13. The summed E-state index contributed by atoms with van der Waals surface area (Å²) in [4.78, 5) is 0. The first-order valence-corrected chi connectivity index (χ1v) is 5.57. The first-order valence-electron chi connectivity index (χ1n) is 4.78. The van der Waals surface area contributed by atoms with E-state index in [0.29, 0.717) is 5.76 Å². The number of aliphatic hydroxyl groups excluding tert-OH is 1. The molecule has 0 amide bonds. The van der Waals surface area contributed by atoms with Gasteiger partial charge < -0.3 is 14.3 Å². The number of benzene rings is 1. The largest absolute Gasteiger partial charge is 0.496 e. The second kappa shape index (κ2) is 4.72. The summed E-state index contributed by atoms with van der Waals surface area (Å²) in [6.45, 7) is -0.0896. The molecule has 0 unspecified atom stereocenters. The van der Waals surface area contributed by atoms with E-state index in [1.807, 2.05) is 24.3 Å². The highest BCUT2D eigenvalue weighted by atomic mass is 79.9. The number of ether oxygens (including phenoxy) is 1. The van der Waals surface area contributed by atoms with Crippen LogP contribution in [0.2, 0.25) is 0 Å². The van der Waals surface area contributed by atoms with Crippen LogP contribution in [0.3, 0.4) is 0 Å². The summed E-state index contributed by atoms with van der Waals surface area (Å²) in [7, 11) is 1.62. The average Bonchev–Trinajstić information content (AvgIpc) is 2.78. The van der Waals surface area contributed by atoms with Gasteiger partial charge in [0.2, 0.25) is 0 Å². The van der Waals surface area contributed by atoms with Crippen LogP contribution in [0.5, 0.6) is 5.75 Å². The molecule has 1 aromatic carbocycles. The number of aliphatic hydroxyl groups is 1. The molecule has 0 atom stereocenters. The Bertz CT molecular complexity index is 491. The fraction of sp³-hybridized carbons (Fsp3) is 0.167. The van der Waals surface area contributed by atoms with Crippen molar-refractivity contribution < 1.29 is 14.3 Å². The molecule has 84 valence electrons. The summed E-state index contributed by atoms with van der Waals surface area (Å²) in [5, 5.41) is 8.92. The summed E-state index contributed by atoms with van der Waals surface area (Å²) >= 11 is 3.39. The topological polar surface area (TPSA) is 42.6 Å². The molecular formula is C12H11BrO3. The lowest BCUT2D eigenvalue weighted by Gasteiger charge is -2.04. The fourth-order valence-corrected chi connectivity index (χ4v) is 1.84. The van der Waals surface area contributed by atoms with Gasteiger partial charge in [0.05, 0.1) is 11.6 Å². The smallest absolute Gasteiger partial charge is 0.134 e. The van der Waals surface area contributed by atoms with Gasteiger partial charge in [-0.3, -0.25) is 0 Å². The Morgan fingerprint density at radius 3 is 2.75 bits per heavy atom. The third-order valence-electron chi connectivity index (χ3n) is 2.25. The van der Waals surface area contributed by atoms with Crippen molar-refractivity contribution in [3.05, 3.63) is 40.6 Å². The molecule has 0 spiro atoms. The van der Waals surface area contributed by atoms with Crippen molar-refractivity contribution in [2.24, 2.45) is 0 Å². The Labute approximate surface area is 102 Å². The zero-order valence-corrected chi connectivity index (χ0v) is 10.3. The molecule has 16 heavy (non-hydrogen) atoms. The molecule has 0 radical (unpaired) electrons. The number of hydrogen-bond donors (Lipinski definition) is 1. The van der Waals surface area contributed by atoms with E-state index in [1.165, 1.54) is 0 Å². The van der Waals surface area contributed by atoms with E-state index in [4.69, 9.17) is 14.3 Å². The molecular weight excluding hydrogens is 272 g/mol. The highest BCUT2D eigenvalue weighted by Crippen LogP contribution is 2.31. The number of methoxy groups -OCH3 is 1. The first kappa shape index (κ1) is 11.2. The van der Waals surface area contributed by atoms with E-state index < -0.39 is 0 Å². The molecule has 0 saturated heterocycles. The maximum atomic E-state index is 8.92. The van der Waals surface area contributed by atoms with Crippen LogP contribution < -0.4 is 4.74 Å². The SMILES string of the molecule is COc1cc(-c2ccc(CO)o2)ccc1Br. The van der Waals surface area contributed by atoms with Crippen molar-refractivity contribution in [2.45, 2.75) is 6.61 Å². The van der Waals surface area contributed by atoms with Gasteiger partial charge in [-0.1, -0.05) is 0 Å². The van der Waals surface area contributed by atoms with Crippen LogP contribution in [0, 0.1) is 0 Å². The van der Waals surface area contributed by atoms with Crippen LogP contribution in [0.25, 0.3) is 11.3 Å². The Hall–Kier alpha value is -1.26. The van der Waals surface area contributed by atoms with Crippen LogP contribution in [-0.2, 0) is 6.61 Å². The molecule has 0 aliphatic heterocycles. The molecule has 2 rings (SSSR count). The maximum Gasteiger partial charge on any atom is 0.134 e. The number of halogens is 1. The Morgan fingerprint density at radius 2 is 2.12 bits per heavy atom. The predicted octanol–water partition coefficient (Wildman–Crippen LogP) is 3.21. The van der Waals surface area contributed by atoms with Crippen molar-refractivity contribution in [2.75, 3.05) is 7.11 Å².